The Morgan fingerprint density at radius 3 is 2.86 bits per heavy atom. The van der Waals surface area contributed by atoms with Crippen LogP contribution in [0, 0.1) is 0 Å². The van der Waals surface area contributed by atoms with Crippen molar-refractivity contribution in [2.45, 2.75) is 5.82 Å². The fourth-order valence-electron chi connectivity index (χ4n) is 0.380. The van der Waals surface area contributed by atoms with Crippen LogP contribution < -0.4 is 3.34 Å². The molecule has 1 aromatic rings. The quantitative estimate of drug-likeness (QED) is 0.594. The molecule has 0 spiro atoms. The molecule has 38 valence electrons. The van der Waals surface area contributed by atoms with Crippen LogP contribution in [0.4, 0.5) is 0 Å². The van der Waals surface area contributed by atoms with E-state index in [1.54, 1.807) is 3.34 Å². The second-order valence-corrected chi connectivity index (χ2v) is 6.21. The summed E-state index contributed by atoms with van der Waals surface area (Å²) >= 11 is 1.53. The summed E-state index contributed by atoms with van der Waals surface area (Å²) < 4.78 is 1.68. The van der Waals surface area contributed by atoms with Crippen LogP contribution in [0.2, 0.25) is 5.82 Å². The van der Waals surface area contributed by atoms with Gasteiger partial charge in [0.25, 0.3) is 0 Å². The molecule has 0 N–H and O–H groups in total. The molecule has 0 amide bonds. The van der Waals surface area contributed by atoms with Gasteiger partial charge in [-0.25, -0.2) is 0 Å². The summed E-state index contributed by atoms with van der Waals surface area (Å²) in [6.07, 6.45) is 0. The molecule has 1 aromatic heterocycles. The summed E-state index contributed by atoms with van der Waals surface area (Å²) in [4.78, 5) is 2.27. The summed E-state index contributed by atoms with van der Waals surface area (Å²) in [6.45, 7) is 0. The molecule has 0 nitrogen and oxygen atoms in total. The Kier molecular flexibility index (Phi) is 2.21. The van der Waals surface area contributed by atoms with Crippen molar-refractivity contribution in [2.75, 3.05) is 0 Å². The molecule has 0 aliphatic rings. The van der Waals surface area contributed by atoms with Crippen molar-refractivity contribution < 1.29 is 0 Å². The first kappa shape index (κ1) is 5.65. The second-order valence-electron chi connectivity index (χ2n) is 1.14. The molecule has 1 heterocycles. The van der Waals surface area contributed by atoms with Gasteiger partial charge in [-0.15, -0.1) is 0 Å². The van der Waals surface area contributed by atoms with Gasteiger partial charge >= 0.3 is 55.7 Å². The van der Waals surface area contributed by atoms with Crippen LogP contribution in [0.15, 0.2) is 17.1 Å². The average molecular weight is 224 g/mol. The van der Waals surface area contributed by atoms with Crippen LogP contribution in [-0.2, 0) is 0 Å². The van der Waals surface area contributed by atoms with Gasteiger partial charge in [-0.05, 0) is 0 Å². The third-order valence-corrected chi connectivity index (χ3v) is 6.08. The number of rotatable bonds is 1. The van der Waals surface area contributed by atoms with E-state index in [0.29, 0.717) is 0 Å². The first-order chi connectivity index (χ1) is 3.43. The molecule has 0 bridgehead atoms. The zero-order chi connectivity index (χ0) is 5.11. The van der Waals surface area contributed by atoms with Gasteiger partial charge in [-0.2, -0.15) is 0 Å². The predicted molar refractivity (Wildman–Crippen MR) is 34.6 cm³/mol. The summed E-state index contributed by atoms with van der Waals surface area (Å²) in [5.41, 5.74) is 0. The molecule has 0 saturated heterocycles. The van der Waals surface area contributed by atoms with E-state index in [2.05, 4.69) is 22.9 Å². The van der Waals surface area contributed by atoms with Crippen molar-refractivity contribution in [3.63, 3.8) is 0 Å². The number of hydrogen-bond donors (Lipinski definition) is 0. The van der Waals surface area contributed by atoms with E-state index in [-0.39, 0.29) is 0 Å². The van der Waals surface area contributed by atoms with Crippen molar-refractivity contribution >= 4 is 32.8 Å². The van der Waals surface area contributed by atoms with Crippen molar-refractivity contribution in [3.05, 3.63) is 17.1 Å². The summed E-state index contributed by atoms with van der Waals surface area (Å²) in [7, 11) is 0. The van der Waals surface area contributed by atoms with E-state index in [0.717, 1.165) is 29.5 Å². The van der Waals surface area contributed by atoms with Gasteiger partial charge in [0.2, 0.25) is 0 Å². The van der Waals surface area contributed by atoms with Crippen LogP contribution in [-0.4, -0.2) is 29.5 Å². The molecule has 2 heteroatoms. The van der Waals surface area contributed by atoms with E-state index in [1.807, 2.05) is 0 Å². The molecule has 0 atom stereocenters. The van der Waals surface area contributed by atoms with Gasteiger partial charge in [0.05, 0.1) is 0 Å². The Morgan fingerprint density at radius 2 is 2.57 bits per heavy atom. The maximum atomic E-state index is 2.27. The summed E-state index contributed by atoms with van der Waals surface area (Å²) in [6, 6.07) is 4.42. The summed E-state index contributed by atoms with van der Waals surface area (Å²) in [5.74, 6) is 2.27. The molecule has 0 saturated carbocycles. The topological polar surface area (TPSA) is 0 Å². The van der Waals surface area contributed by atoms with E-state index >= 15 is 0 Å². The van der Waals surface area contributed by atoms with Crippen LogP contribution in [0.5, 0.6) is 0 Å². The summed E-state index contributed by atoms with van der Waals surface area (Å²) in [5, 5.41) is 0. The Morgan fingerprint density at radius 1 is 1.71 bits per heavy atom. The molecule has 7 heavy (non-hydrogen) atoms. The first-order valence-corrected chi connectivity index (χ1v) is 6.42. The first-order valence-electron chi connectivity index (χ1n) is 2.01. The normalized spacial score (nSPS) is 9.29. The van der Waals surface area contributed by atoms with Crippen molar-refractivity contribution in [1.29, 1.82) is 0 Å². The van der Waals surface area contributed by atoms with Crippen LogP contribution in [0.25, 0.3) is 0 Å². The SMILES string of the molecule is C[Se]c1ccc[se]1. The predicted octanol–water partition coefficient (Wildman–Crippen LogP) is 0.121. The van der Waals surface area contributed by atoms with Gasteiger partial charge < -0.3 is 0 Å². The van der Waals surface area contributed by atoms with E-state index in [1.165, 1.54) is 0 Å². The van der Waals surface area contributed by atoms with Gasteiger partial charge in [0, 0.05) is 0 Å². The van der Waals surface area contributed by atoms with Gasteiger partial charge in [0.1, 0.15) is 0 Å². The molecule has 0 radical (unpaired) electrons. The zero-order valence-corrected chi connectivity index (χ0v) is 7.47. The molecule has 0 aliphatic carbocycles. The molecule has 0 unspecified atom stereocenters. The fourth-order valence-corrected chi connectivity index (χ4v) is 3.63. The molecule has 0 aliphatic heterocycles. The molecule has 1 rings (SSSR count). The Bertz CT molecular complexity index is 121. The molecular formula is C5H6Se2. The van der Waals surface area contributed by atoms with Gasteiger partial charge in [0.15, 0.2) is 0 Å². The second kappa shape index (κ2) is 2.74. The van der Waals surface area contributed by atoms with E-state index in [9.17, 15) is 0 Å². The van der Waals surface area contributed by atoms with Crippen molar-refractivity contribution in [1.82, 2.24) is 0 Å². The minimum absolute atomic E-state index is 0.745. The fraction of sp³-hybridized carbons (Fsp3) is 0.200. The van der Waals surface area contributed by atoms with Crippen molar-refractivity contribution in [2.24, 2.45) is 0 Å². The van der Waals surface area contributed by atoms with Gasteiger partial charge in [-0.3, -0.25) is 0 Å². The monoisotopic (exact) mass is 226 g/mol. The Labute approximate surface area is 55.8 Å². The zero-order valence-electron chi connectivity index (χ0n) is 4.05. The molecule has 0 aromatic carbocycles. The third-order valence-electron chi connectivity index (χ3n) is 0.696. The molecule has 0 fully saturated rings. The maximum absolute atomic E-state index is 2.27. The molecular weight excluding hydrogens is 218 g/mol. The Hall–Kier alpha value is 0.519. The number of hydrogen-bond acceptors (Lipinski definition) is 0. The minimum atomic E-state index is 0.745. The standard InChI is InChI=1S/C5H6Se2/c1-6-5-3-2-4-7-5/h2-4H,1H3. The van der Waals surface area contributed by atoms with Gasteiger partial charge in [-0.1, -0.05) is 0 Å². The van der Waals surface area contributed by atoms with Crippen LogP contribution >= 0.6 is 0 Å². The third kappa shape index (κ3) is 1.47. The van der Waals surface area contributed by atoms with Crippen LogP contribution in [0.3, 0.4) is 0 Å². The van der Waals surface area contributed by atoms with Crippen LogP contribution in [0.1, 0.15) is 0 Å². The van der Waals surface area contributed by atoms with E-state index in [4.69, 9.17) is 0 Å². The average Bonchev–Trinajstić information content (AvgIpc) is 2.14. The van der Waals surface area contributed by atoms with E-state index < -0.39 is 0 Å². The van der Waals surface area contributed by atoms with Crippen molar-refractivity contribution in [3.8, 4) is 0 Å². The Balaban J connectivity index is 2.76.